The van der Waals surface area contributed by atoms with E-state index in [1.165, 1.54) is 0 Å². The van der Waals surface area contributed by atoms with E-state index in [9.17, 15) is 4.79 Å². The van der Waals surface area contributed by atoms with Gasteiger partial charge in [-0.1, -0.05) is 18.2 Å². The van der Waals surface area contributed by atoms with Gasteiger partial charge in [0.2, 0.25) is 5.91 Å². The molecule has 1 fully saturated rings. The molecule has 0 bridgehead atoms. The number of amides is 1. The van der Waals surface area contributed by atoms with Gasteiger partial charge in [-0.3, -0.25) is 4.79 Å². The van der Waals surface area contributed by atoms with Gasteiger partial charge in [-0.25, -0.2) is 0 Å². The molecule has 1 saturated heterocycles. The summed E-state index contributed by atoms with van der Waals surface area (Å²) in [5.41, 5.74) is 1.13. The number of carbonyl (C=O) groups is 1. The summed E-state index contributed by atoms with van der Waals surface area (Å²) in [5, 5.41) is 0. The normalized spacial score (nSPS) is 29.5. The van der Waals surface area contributed by atoms with Crippen molar-refractivity contribution >= 4 is 5.91 Å². The van der Waals surface area contributed by atoms with Crippen LogP contribution in [-0.2, 0) is 16.0 Å². The van der Waals surface area contributed by atoms with Crippen LogP contribution < -0.4 is 4.74 Å². The number of ether oxygens (including phenoxy) is 2. The minimum atomic E-state index is -0.0672. The van der Waals surface area contributed by atoms with Gasteiger partial charge in [-0.2, -0.15) is 0 Å². The summed E-state index contributed by atoms with van der Waals surface area (Å²) in [6.07, 6.45) is 0.994. The van der Waals surface area contributed by atoms with Crippen LogP contribution >= 0.6 is 0 Å². The first-order chi connectivity index (χ1) is 9.63. The molecule has 1 amide bonds. The lowest BCUT2D eigenvalue weighted by Crippen LogP contribution is -2.51. The van der Waals surface area contributed by atoms with Crippen molar-refractivity contribution in [2.75, 3.05) is 19.7 Å². The van der Waals surface area contributed by atoms with Crippen LogP contribution in [0.25, 0.3) is 0 Å². The maximum atomic E-state index is 12.6. The van der Waals surface area contributed by atoms with Crippen molar-refractivity contribution < 1.29 is 14.3 Å². The van der Waals surface area contributed by atoms with Crippen LogP contribution in [0.1, 0.15) is 19.4 Å². The molecule has 3 unspecified atom stereocenters. The van der Waals surface area contributed by atoms with Crippen molar-refractivity contribution in [1.82, 2.24) is 4.90 Å². The van der Waals surface area contributed by atoms with E-state index in [0.29, 0.717) is 19.7 Å². The molecule has 4 nitrogen and oxygen atoms in total. The lowest BCUT2D eigenvalue weighted by atomic mass is 9.95. The fourth-order valence-electron chi connectivity index (χ4n) is 3.10. The molecule has 3 atom stereocenters. The van der Waals surface area contributed by atoms with Crippen molar-refractivity contribution in [2.45, 2.75) is 32.5 Å². The Labute approximate surface area is 119 Å². The third-order valence-electron chi connectivity index (χ3n) is 3.96. The fourth-order valence-corrected chi connectivity index (χ4v) is 3.10. The van der Waals surface area contributed by atoms with E-state index in [4.69, 9.17) is 9.47 Å². The van der Waals surface area contributed by atoms with Crippen LogP contribution in [0.15, 0.2) is 24.3 Å². The molecule has 0 aromatic heterocycles. The predicted octanol–water partition coefficient (Wildman–Crippen LogP) is 1.87. The highest BCUT2D eigenvalue weighted by molar-refractivity contribution is 5.80. The zero-order chi connectivity index (χ0) is 14.1. The monoisotopic (exact) mass is 275 g/mol. The molecule has 3 rings (SSSR count). The van der Waals surface area contributed by atoms with E-state index in [1.54, 1.807) is 0 Å². The summed E-state index contributed by atoms with van der Waals surface area (Å²) in [7, 11) is 0. The van der Waals surface area contributed by atoms with E-state index < -0.39 is 0 Å². The fraction of sp³-hybridized carbons (Fsp3) is 0.562. The third-order valence-corrected chi connectivity index (χ3v) is 3.96. The molecule has 0 aliphatic carbocycles. The maximum Gasteiger partial charge on any atom is 0.229 e. The van der Waals surface area contributed by atoms with Gasteiger partial charge in [-0.05, 0) is 31.9 Å². The Hall–Kier alpha value is -1.55. The number of hydrogen-bond donors (Lipinski definition) is 0. The average Bonchev–Trinajstić information content (AvgIpc) is 2.45. The molecule has 0 spiro atoms. The minimum Gasteiger partial charge on any atom is -0.492 e. The molecule has 1 aromatic rings. The highest BCUT2D eigenvalue weighted by atomic mass is 16.5. The second-order valence-corrected chi connectivity index (χ2v) is 5.82. The largest absolute Gasteiger partial charge is 0.492 e. The van der Waals surface area contributed by atoms with E-state index in [0.717, 1.165) is 17.7 Å². The molecule has 0 radical (unpaired) electrons. The number of rotatable bonds is 1. The Morgan fingerprint density at radius 3 is 2.65 bits per heavy atom. The topological polar surface area (TPSA) is 38.8 Å². The van der Waals surface area contributed by atoms with E-state index in [2.05, 4.69) is 0 Å². The molecule has 4 heteroatoms. The first-order valence-electron chi connectivity index (χ1n) is 7.28. The first-order valence-corrected chi connectivity index (χ1v) is 7.28. The number of benzene rings is 1. The van der Waals surface area contributed by atoms with E-state index in [-0.39, 0.29) is 24.0 Å². The van der Waals surface area contributed by atoms with Crippen LogP contribution in [-0.4, -0.2) is 42.7 Å². The Morgan fingerprint density at radius 2 is 1.90 bits per heavy atom. The van der Waals surface area contributed by atoms with Crippen molar-refractivity contribution in [3.8, 4) is 5.75 Å². The van der Waals surface area contributed by atoms with Crippen LogP contribution in [0, 0.1) is 5.92 Å². The summed E-state index contributed by atoms with van der Waals surface area (Å²) in [6.45, 7) is 5.88. The Bertz CT molecular complexity index is 492. The van der Waals surface area contributed by atoms with Gasteiger partial charge in [0.1, 0.15) is 12.4 Å². The number of nitrogens with zero attached hydrogens (tertiary/aromatic N) is 1. The number of morpholine rings is 1. The van der Waals surface area contributed by atoms with Gasteiger partial charge in [0.15, 0.2) is 0 Å². The van der Waals surface area contributed by atoms with Crippen LogP contribution in [0.4, 0.5) is 0 Å². The molecule has 2 heterocycles. The zero-order valence-electron chi connectivity index (χ0n) is 12.0. The van der Waals surface area contributed by atoms with E-state index in [1.807, 2.05) is 43.0 Å². The number of para-hydroxylation sites is 1. The smallest absolute Gasteiger partial charge is 0.229 e. The molecule has 0 saturated carbocycles. The maximum absolute atomic E-state index is 12.6. The molecular weight excluding hydrogens is 254 g/mol. The Morgan fingerprint density at radius 1 is 1.20 bits per heavy atom. The lowest BCUT2D eigenvalue weighted by molar-refractivity contribution is -0.148. The first kappa shape index (κ1) is 13.4. The number of hydrogen-bond acceptors (Lipinski definition) is 3. The van der Waals surface area contributed by atoms with E-state index >= 15 is 0 Å². The molecule has 108 valence electrons. The number of fused-ring (bicyclic) bond motifs is 1. The third kappa shape index (κ3) is 2.66. The van der Waals surface area contributed by atoms with Crippen LogP contribution in [0.3, 0.4) is 0 Å². The zero-order valence-corrected chi connectivity index (χ0v) is 12.0. The molecular formula is C16H21NO3. The summed E-state index contributed by atoms with van der Waals surface area (Å²) < 4.78 is 11.4. The summed E-state index contributed by atoms with van der Waals surface area (Å²) >= 11 is 0. The highest BCUT2D eigenvalue weighted by Gasteiger charge is 2.33. The van der Waals surface area contributed by atoms with Gasteiger partial charge in [0.05, 0.1) is 18.1 Å². The average molecular weight is 275 g/mol. The van der Waals surface area contributed by atoms with Crippen molar-refractivity contribution in [1.29, 1.82) is 0 Å². The van der Waals surface area contributed by atoms with Gasteiger partial charge in [-0.15, -0.1) is 0 Å². The second-order valence-electron chi connectivity index (χ2n) is 5.82. The van der Waals surface area contributed by atoms with Gasteiger partial charge in [0.25, 0.3) is 0 Å². The molecule has 2 aliphatic heterocycles. The molecule has 1 aromatic carbocycles. The lowest BCUT2D eigenvalue weighted by Gasteiger charge is -2.38. The Kier molecular flexibility index (Phi) is 3.66. The van der Waals surface area contributed by atoms with Gasteiger partial charge >= 0.3 is 0 Å². The Balaban J connectivity index is 1.69. The SMILES string of the molecule is CC1CN(C(=O)C2COc3ccccc3C2)CC(C)O1. The van der Waals surface area contributed by atoms with Crippen LogP contribution in [0.5, 0.6) is 5.75 Å². The van der Waals surface area contributed by atoms with Gasteiger partial charge in [0, 0.05) is 13.1 Å². The molecule has 2 aliphatic rings. The molecule has 0 N–H and O–H groups in total. The predicted molar refractivity (Wildman–Crippen MR) is 75.7 cm³/mol. The summed E-state index contributed by atoms with van der Waals surface area (Å²) in [5.74, 6) is 1.05. The quantitative estimate of drug-likeness (QED) is 0.785. The highest BCUT2D eigenvalue weighted by Crippen LogP contribution is 2.28. The summed E-state index contributed by atoms with van der Waals surface area (Å²) in [6, 6.07) is 7.97. The van der Waals surface area contributed by atoms with Crippen molar-refractivity contribution in [2.24, 2.45) is 5.92 Å². The van der Waals surface area contributed by atoms with Crippen molar-refractivity contribution in [3.63, 3.8) is 0 Å². The summed E-state index contributed by atoms with van der Waals surface area (Å²) in [4.78, 5) is 14.6. The minimum absolute atomic E-state index is 0.0672. The van der Waals surface area contributed by atoms with Crippen molar-refractivity contribution in [3.05, 3.63) is 29.8 Å². The number of carbonyl (C=O) groups excluding carboxylic acids is 1. The van der Waals surface area contributed by atoms with Gasteiger partial charge < -0.3 is 14.4 Å². The second kappa shape index (κ2) is 5.44. The standard InChI is InChI=1S/C16H21NO3/c1-11-8-17(9-12(2)20-11)16(18)14-7-13-5-3-4-6-15(13)19-10-14/h3-6,11-12,14H,7-10H2,1-2H3. The van der Waals surface area contributed by atoms with Crippen LogP contribution in [0.2, 0.25) is 0 Å². The molecule has 20 heavy (non-hydrogen) atoms.